The van der Waals surface area contributed by atoms with E-state index in [0.29, 0.717) is 17.9 Å². The lowest BCUT2D eigenvalue weighted by molar-refractivity contribution is -0.0203. The topological polar surface area (TPSA) is 79.0 Å². The van der Waals surface area contributed by atoms with Gasteiger partial charge in [0.25, 0.3) is 0 Å². The van der Waals surface area contributed by atoms with E-state index in [2.05, 4.69) is 50.1 Å². The molecule has 146 valence electrons. The summed E-state index contributed by atoms with van der Waals surface area (Å²) >= 11 is 0. The minimum Gasteiger partial charge on any atom is -0.376 e. The van der Waals surface area contributed by atoms with Crippen LogP contribution >= 0.6 is 0 Å². The molecule has 2 aliphatic heterocycles. The average Bonchev–Trinajstić information content (AvgIpc) is 3.23. The van der Waals surface area contributed by atoms with Gasteiger partial charge in [0.2, 0.25) is 0 Å². The minimum atomic E-state index is 0.237. The second kappa shape index (κ2) is 8.25. The van der Waals surface area contributed by atoms with Crippen LogP contribution in [0, 0.1) is 5.92 Å². The molecule has 0 bridgehead atoms. The number of imidazole rings is 1. The third kappa shape index (κ3) is 4.24. The molecule has 4 heterocycles. The van der Waals surface area contributed by atoms with Gasteiger partial charge in [-0.25, -0.2) is 15.0 Å². The fourth-order valence-electron chi connectivity index (χ4n) is 4.29. The number of H-pyrrole nitrogens is 1. The molecule has 2 aliphatic rings. The van der Waals surface area contributed by atoms with Gasteiger partial charge in [-0.15, -0.1) is 0 Å². The third-order valence-corrected chi connectivity index (χ3v) is 5.73. The van der Waals surface area contributed by atoms with Gasteiger partial charge in [0, 0.05) is 44.1 Å². The number of hydrogen-bond acceptors (Lipinski definition) is 6. The Hall–Kier alpha value is -2.15. The van der Waals surface area contributed by atoms with Crippen molar-refractivity contribution in [1.29, 1.82) is 0 Å². The van der Waals surface area contributed by atoms with Gasteiger partial charge in [-0.3, -0.25) is 0 Å². The Morgan fingerprint density at radius 2 is 2.04 bits per heavy atom. The van der Waals surface area contributed by atoms with E-state index in [1.807, 2.05) is 12.4 Å². The number of piperidine rings is 1. The molecule has 7 nitrogen and oxygen atoms in total. The summed E-state index contributed by atoms with van der Waals surface area (Å²) in [5, 5.41) is 3.61. The third-order valence-electron chi connectivity index (χ3n) is 5.73. The molecule has 2 fully saturated rings. The van der Waals surface area contributed by atoms with Crippen LogP contribution in [0.25, 0.3) is 0 Å². The van der Waals surface area contributed by atoms with Crippen molar-refractivity contribution >= 4 is 11.6 Å². The summed E-state index contributed by atoms with van der Waals surface area (Å²) in [5.41, 5.74) is 0. The quantitative estimate of drug-likeness (QED) is 0.841. The molecule has 4 rings (SSSR count). The molecular formula is C20H30N6O. The number of aromatic amines is 1. The lowest BCUT2D eigenvalue weighted by atomic mass is 9.93. The van der Waals surface area contributed by atoms with Crippen LogP contribution in [0.3, 0.4) is 0 Å². The maximum Gasteiger partial charge on any atom is 0.134 e. The van der Waals surface area contributed by atoms with Crippen molar-refractivity contribution in [2.45, 2.75) is 57.6 Å². The zero-order chi connectivity index (χ0) is 18.6. The summed E-state index contributed by atoms with van der Waals surface area (Å²) in [4.78, 5) is 19.0. The first-order valence-corrected chi connectivity index (χ1v) is 10.1. The number of hydrogen-bond donors (Lipinski definition) is 2. The maximum absolute atomic E-state index is 5.99. The molecule has 2 aromatic heterocycles. The summed E-state index contributed by atoms with van der Waals surface area (Å²) in [6, 6.07) is 2.39. The molecule has 2 saturated heterocycles. The van der Waals surface area contributed by atoms with E-state index in [1.165, 1.54) is 0 Å². The molecule has 0 saturated carbocycles. The van der Waals surface area contributed by atoms with E-state index >= 15 is 0 Å². The van der Waals surface area contributed by atoms with Crippen LogP contribution in [0.4, 0.5) is 11.6 Å². The number of anilines is 2. The van der Waals surface area contributed by atoms with E-state index < -0.39 is 0 Å². The highest BCUT2D eigenvalue weighted by Crippen LogP contribution is 2.29. The maximum atomic E-state index is 5.99. The first kappa shape index (κ1) is 18.2. The number of nitrogens with one attached hydrogen (secondary N) is 2. The fraction of sp³-hybridized carbons (Fsp3) is 0.650. The van der Waals surface area contributed by atoms with E-state index in [9.17, 15) is 0 Å². The van der Waals surface area contributed by atoms with Crippen LogP contribution in [0.2, 0.25) is 0 Å². The molecule has 2 N–H and O–H groups in total. The molecule has 27 heavy (non-hydrogen) atoms. The number of nitrogens with zero attached hydrogens (tertiary/aromatic N) is 4. The fourth-order valence-corrected chi connectivity index (χ4v) is 4.29. The summed E-state index contributed by atoms with van der Waals surface area (Å²) in [5.74, 6) is 4.01. The van der Waals surface area contributed by atoms with Crippen molar-refractivity contribution < 1.29 is 4.74 Å². The van der Waals surface area contributed by atoms with Crippen molar-refractivity contribution in [3.05, 3.63) is 30.6 Å². The summed E-state index contributed by atoms with van der Waals surface area (Å²) in [6.07, 6.45) is 10.0. The predicted octanol–water partition coefficient (Wildman–Crippen LogP) is 3.20. The van der Waals surface area contributed by atoms with Crippen molar-refractivity contribution in [2.75, 3.05) is 29.9 Å². The highest BCUT2D eigenvalue weighted by atomic mass is 16.5. The van der Waals surface area contributed by atoms with E-state index in [0.717, 1.165) is 62.8 Å². The van der Waals surface area contributed by atoms with Crippen molar-refractivity contribution in [3.63, 3.8) is 0 Å². The van der Waals surface area contributed by atoms with Crippen molar-refractivity contribution in [3.8, 4) is 0 Å². The van der Waals surface area contributed by atoms with Crippen LogP contribution in [0.1, 0.15) is 51.3 Å². The second-order valence-corrected chi connectivity index (χ2v) is 7.97. The first-order chi connectivity index (χ1) is 13.2. The molecule has 0 unspecified atom stereocenters. The Morgan fingerprint density at radius 3 is 2.78 bits per heavy atom. The van der Waals surface area contributed by atoms with Gasteiger partial charge < -0.3 is 19.9 Å². The van der Waals surface area contributed by atoms with Gasteiger partial charge >= 0.3 is 0 Å². The monoisotopic (exact) mass is 370 g/mol. The lowest BCUT2D eigenvalue weighted by Crippen LogP contribution is -2.43. The molecule has 2 atom stereocenters. The number of aromatic nitrogens is 4. The number of rotatable bonds is 5. The Balaban J connectivity index is 1.39. The summed E-state index contributed by atoms with van der Waals surface area (Å²) in [7, 11) is 0. The number of ether oxygens (including phenoxy) is 1. The van der Waals surface area contributed by atoms with Gasteiger partial charge in [0.15, 0.2) is 0 Å². The highest BCUT2D eigenvalue weighted by molar-refractivity contribution is 5.49. The average molecular weight is 371 g/mol. The lowest BCUT2D eigenvalue weighted by Gasteiger charge is -2.35. The molecule has 2 aromatic rings. The van der Waals surface area contributed by atoms with Crippen LogP contribution in [0.5, 0.6) is 0 Å². The molecule has 0 spiro atoms. The molecule has 7 heteroatoms. The van der Waals surface area contributed by atoms with Crippen molar-refractivity contribution in [1.82, 2.24) is 19.9 Å². The van der Waals surface area contributed by atoms with Crippen molar-refractivity contribution in [2.24, 2.45) is 5.92 Å². The molecular weight excluding hydrogens is 340 g/mol. The zero-order valence-corrected chi connectivity index (χ0v) is 16.3. The van der Waals surface area contributed by atoms with Gasteiger partial charge in [-0.1, -0.05) is 13.8 Å². The Labute approximate surface area is 161 Å². The summed E-state index contributed by atoms with van der Waals surface area (Å²) in [6.45, 7) is 7.28. The van der Waals surface area contributed by atoms with Gasteiger partial charge in [-0.2, -0.15) is 0 Å². The van der Waals surface area contributed by atoms with Crippen LogP contribution in [-0.2, 0) is 4.74 Å². The van der Waals surface area contributed by atoms with Crippen LogP contribution in [-0.4, -0.2) is 51.8 Å². The summed E-state index contributed by atoms with van der Waals surface area (Å²) < 4.78 is 5.99. The van der Waals surface area contributed by atoms with Gasteiger partial charge in [0.05, 0.1) is 12.1 Å². The standard InChI is InChI=1S/C20H30N6O/c1-14(2)19-16(4-3-11-27-19)25-17-12-18(24-13-23-17)26-9-5-15(6-10-26)20-21-7-8-22-20/h7-8,12-16,19H,3-6,9-11H2,1-2H3,(H,21,22)(H,23,24,25)/t16-,19+/m1/s1. The van der Waals surface area contributed by atoms with Gasteiger partial charge in [0.1, 0.15) is 23.8 Å². The SMILES string of the molecule is CC(C)[C@@H]1OCCC[C@H]1Nc1cc(N2CCC(c3ncc[nH]3)CC2)ncn1. The molecule has 0 radical (unpaired) electrons. The largest absolute Gasteiger partial charge is 0.376 e. The Morgan fingerprint density at radius 1 is 1.19 bits per heavy atom. The Kier molecular flexibility index (Phi) is 5.57. The molecule has 0 aliphatic carbocycles. The van der Waals surface area contributed by atoms with E-state index in [-0.39, 0.29) is 6.10 Å². The second-order valence-electron chi connectivity index (χ2n) is 7.97. The normalized spacial score (nSPS) is 24.3. The predicted molar refractivity (Wildman–Crippen MR) is 106 cm³/mol. The van der Waals surface area contributed by atoms with Gasteiger partial charge in [-0.05, 0) is 31.6 Å². The van der Waals surface area contributed by atoms with Crippen LogP contribution in [0.15, 0.2) is 24.8 Å². The highest BCUT2D eigenvalue weighted by Gasteiger charge is 2.29. The minimum absolute atomic E-state index is 0.237. The zero-order valence-electron chi connectivity index (χ0n) is 16.3. The smallest absolute Gasteiger partial charge is 0.134 e. The van der Waals surface area contributed by atoms with E-state index in [4.69, 9.17) is 4.74 Å². The molecule has 0 amide bonds. The molecule has 0 aromatic carbocycles. The van der Waals surface area contributed by atoms with Crippen LogP contribution < -0.4 is 10.2 Å². The Bertz CT molecular complexity index is 711. The van der Waals surface area contributed by atoms with E-state index in [1.54, 1.807) is 6.33 Å². The first-order valence-electron chi connectivity index (χ1n) is 10.1.